The summed E-state index contributed by atoms with van der Waals surface area (Å²) in [5.41, 5.74) is 4.10. The van der Waals surface area contributed by atoms with Crippen LogP contribution in [-0.4, -0.2) is 19.4 Å². The van der Waals surface area contributed by atoms with E-state index in [-0.39, 0.29) is 0 Å². The first-order valence-corrected chi connectivity index (χ1v) is 13.8. The van der Waals surface area contributed by atoms with Crippen molar-refractivity contribution < 1.29 is 0 Å². The number of hydrogen-bond donors (Lipinski definition) is 0. The van der Waals surface area contributed by atoms with Crippen molar-refractivity contribution in [2.75, 3.05) is 0 Å². The van der Waals surface area contributed by atoms with Crippen LogP contribution in [0.1, 0.15) is 41.5 Å². The molecule has 4 heteroatoms. The van der Waals surface area contributed by atoms with Crippen LogP contribution in [0.2, 0.25) is 0 Å². The Labute approximate surface area is 233 Å². The summed E-state index contributed by atoms with van der Waals surface area (Å²) in [6.45, 7) is 12.0. The lowest BCUT2D eigenvalue weighted by atomic mass is 10.1. The summed E-state index contributed by atoms with van der Waals surface area (Å²) < 4.78 is 2.09. The van der Waals surface area contributed by atoms with E-state index >= 15 is 0 Å². The van der Waals surface area contributed by atoms with Crippen LogP contribution < -0.4 is 0 Å². The van der Waals surface area contributed by atoms with Crippen molar-refractivity contribution in [2.24, 2.45) is 0 Å². The molecule has 0 unspecified atom stereocenters. The number of para-hydroxylation sites is 3. The summed E-state index contributed by atoms with van der Waals surface area (Å²) in [5.74, 6) is 0. The highest BCUT2D eigenvalue weighted by Crippen LogP contribution is 2.14. The van der Waals surface area contributed by atoms with E-state index in [1.54, 1.807) is 12.4 Å². The zero-order valence-electron chi connectivity index (χ0n) is 24.0. The maximum atomic E-state index is 4.33. The number of benzene rings is 4. The van der Waals surface area contributed by atoms with Crippen molar-refractivity contribution in [2.45, 2.75) is 41.5 Å². The predicted octanol–water partition coefficient (Wildman–Crippen LogP) is 10.0. The van der Waals surface area contributed by atoms with E-state index in [4.69, 9.17) is 0 Å². The predicted molar refractivity (Wildman–Crippen MR) is 170 cm³/mol. The summed E-state index contributed by atoms with van der Waals surface area (Å²) >= 11 is 0. The van der Waals surface area contributed by atoms with Crippen molar-refractivity contribution in [3.05, 3.63) is 134 Å². The molecule has 0 radical (unpaired) electrons. The first kappa shape index (κ1) is 30.7. The van der Waals surface area contributed by atoms with Gasteiger partial charge in [0.1, 0.15) is 5.65 Å². The molecule has 0 aliphatic carbocycles. The van der Waals surface area contributed by atoms with Gasteiger partial charge in [0.15, 0.2) is 0 Å². The van der Waals surface area contributed by atoms with Gasteiger partial charge in [0.2, 0.25) is 0 Å². The summed E-state index contributed by atoms with van der Waals surface area (Å²) in [5, 5.41) is 3.79. The van der Waals surface area contributed by atoms with Crippen LogP contribution in [0, 0.1) is 0 Å². The Kier molecular flexibility index (Phi) is 14.0. The molecule has 0 atom stereocenters. The third-order valence-corrected chi connectivity index (χ3v) is 5.29. The van der Waals surface area contributed by atoms with Crippen molar-refractivity contribution >= 4 is 38.4 Å². The monoisotopic (exact) mass is 516 g/mol. The second kappa shape index (κ2) is 17.8. The fourth-order valence-corrected chi connectivity index (χ4v) is 3.68. The molecule has 4 aromatic carbocycles. The van der Waals surface area contributed by atoms with Crippen LogP contribution in [0.3, 0.4) is 0 Å². The first-order valence-electron chi connectivity index (χ1n) is 13.8. The van der Waals surface area contributed by atoms with Crippen LogP contribution in [0.4, 0.5) is 0 Å². The van der Waals surface area contributed by atoms with Gasteiger partial charge in [-0.3, -0.25) is 9.97 Å². The molecule has 0 saturated carbocycles. The van der Waals surface area contributed by atoms with Crippen molar-refractivity contribution in [1.82, 2.24) is 19.4 Å². The molecular formula is C35H40N4. The molecule has 7 aromatic rings. The number of aromatic nitrogens is 4. The molecule has 39 heavy (non-hydrogen) atoms. The fraction of sp³-hybridized carbons (Fsp3) is 0.171. The van der Waals surface area contributed by atoms with Crippen molar-refractivity contribution in [3.8, 4) is 0 Å². The van der Waals surface area contributed by atoms with E-state index in [2.05, 4.69) is 80.0 Å². The average Bonchev–Trinajstić information content (AvgIpc) is 3.55. The molecular weight excluding hydrogens is 476 g/mol. The van der Waals surface area contributed by atoms with Crippen LogP contribution in [0.25, 0.3) is 38.4 Å². The summed E-state index contributed by atoms with van der Waals surface area (Å²) in [4.78, 5) is 12.6. The molecule has 0 bridgehead atoms. The van der Waals surface area contributed by atoms with Gasteiger partial charge in [-0.1, -0.05) is 120 Å². The molecule has 0 fully saturated rings. The summed E-state index contributed by atoms with van der Waals surface area (Å²) in [7, 11) is 0. The Morgan fingerprint density at radius 2 is 0.872 bits per heavy atom. The normalized spacial score (nSPS) is 9.28. The number of nitrogens with zero attached hydrogens (tertiary/aromatic N) is 4. The average molecular weight is 517 g/mol. The highest BCUT2D eigenvalue weighted by molar-refractivity contribution is 5.82. The largest absolute Gasteiger partial charge is 0.301 e. The number of rotatable bonds is 0. The molecule has 0 aliphatic rings. The van der Waals surface area contributed by atoms with Crippen LogP contribution in [0.5, 0.6) is 0 Å². The van der Waals surface area contributed by atoms with Crippen LogP contribution in [0.15, 0.2) is 134 Å². The zero-order chi connectivity index (χ0) is 28.3. The Hall–Kier alpha value is -4.57. The minimum absolute atomic E-state index is 0.949. The van der Waals surface area contributed by atoms with E-state index in [0.29, 0.717) is 0 Å². The minimum atomic E-state index is 0.949. The molecule has 3 heterocycles. The maximum Gasteiger partial charge on any atom is 0.137 e. The van der Waals surface area contributed by atoms with Gasteiger partial charge in [-0.2, -0.15) is 0 Å². The van der Waals surface area contributed by atoms with Crippen molar-refractivity contribution in [1.29, 1.82) is 0 Å². The Morgan fingerprint density at radius 3 is 1.38 bits per heavy atom. The highest BCUT2D eigenvalue weighted by atomic mass is 15.0. The summed E-state index contributed by atoms with van der Waals surface area (Å²) in [6.07, 6.45) is 7.33. The van der Waals surface area contributed by atoms with Crippen molar-refractivity contribution in [3.63, 3.8) is 0 Å². The maximum absolute atomic E-state index is 4.33. The van der Waals surface area contributed by atoms with Crippen LogP contribution in [-0.2, 0) is 0 Å². The molecule has 3 aromatic heterocycles. The van der Waals surface area contributed by atoms with Gasteiger partial charge in [-0.15, -0.1) is 0 Å². The fourth-order valence-electron chi connectivity index (χ4n) is 3.68. The number of hydrogen-bond acceptors (Lipinski definition) is 3. The second-order valence-electron chi connectivity index (χ2n) is 7.45. The van der Waals surface area contributed by atoms with Gasteiger partial charge < -0.3 is 4.40 Å². The first-order chi connectivity index (χ1) is 19.4. The Balaban J connectivity index is 0.000000189. The summed E-state index contributed by atoms with van der Waals surface area (Å²) in [6, 6.07) is 36.8. The van der Waals surface area contributed by atoms with E-state index < -0.39 is 0 Å². The lowest BCUT2D eigenvalue weighted by Gasteiger charge is -2.00. The third kappa shape index (κ3) is 8.75. The van der Waals surface area contributed by atoms with E-state index in [1.165, 1.54) is 21.7 Å². The minimum Gasteiger partial charge on any atom is -0.301 e. The van der Waals surface area contributed by atoms with E-state index in [0.717, 1.165) is 16.7 Å². The van der Waals surface area contributed by atoms with Gasteiger partial charge in [-0.25, -0.2) is 4.98 Å². The molecule has 4 nitrogen and oxygen atoms in total. The van der Waals surface area contributed by atoms with Crippen LogP contribution >= 0.6 is 0 Å². The zero-order valence-corrected chi connectivity index (χ0v) is 24.0. The van der Waals surface area contributed by atoms with Gasteiger partial charge in [0, 0.05) is 30.2 Å². The Morgan fingerprint density at radius 1 is 0.436 bits per heavy atom. The van der Waals surface area contributed by atoms with Gasteiger partial charge in [-0.05, 0) is 41.1 Å². The van der Waals surface area contributed by atoms with E-state index in [9.17, 15) is 0 Å². The highest BCUT2D eigenvalue weighted by Gasteiger charge is 1.97. The molecule has 0 aliphatic heterocycles. The molecule has 0 saturated heterocycles. The molecule has 0 N–H and O–H groups in total. The molecule has 7 rings (SSSR count). The SMILES string of the molecule is CC.CC.CC.c1ccc2c(c1)cnc1cccn12.c1ccc2ccccc2c1.c1ccc2nccnc2c1. The van der Waals surface area contributed by atoms with Gasteiger partial charge >= 0.3 is 0 Å². The Bertz CT molecular complexity index is 1430. The standard InChI is InChI=1S/C11H8N2.C10H8.C8H6N2.3C2H6/c1-2-5-10-9(4-1)8-12-11-6-3-7-13(10)11;1-2-6-10-8-4-3-7-9(10)5-1;1-2-4-8-7(3-1)9-5-6-10-8;3*1-2/h1-8H;1-8H;1-6H;3*1-2H3. The molecule has 0 amide bonds. The van der Waals surface area contributed by atoms with Gasteiger partial charge in [0.05, 0.1) is 16.6 Å². The lowest BCUT2D eigenvalue weighted by molar-refractivity contribution is 1.20. The number of fused-ring (bicyclic) bond motifs is 5. The topological polar surface area (TPSA) is 43.1 Å². The second-order valence-corrected chi connectivity index (χ2v) is 7.45. The molecule has 200 valence electrons. The van der Waals surface area contributed by atoms with E-state index in [1.807, 2.05) is 102 Å². The van der Waals surface area contributed by atoms with Gasteiger partial charge in [0.25, 0.3) is 0 Å². The third-order valence-electron chi connectivity index (χ3n) is 5.29. The lowest BCUT2D eigenvalue weighted by Crippen LogP contribution is -1.87. The quantitative estimate of drug-likeness (QED) is 0.201. The smallest absolute Gasteiger partial charge is 0.137 e. The molecule has 0 spiro atoms.